The zero-order valence-electron chi connectivity index (χ0n) is 7.61. The van der Waals surface area contributed by atoms with E-state index in [0.29, 0.717) is 12.8 Å². The SMILES string of the molecule is O=S(=O)(c1cccc(F)c1)C1CCC1. The molecule has 0 atom stereocenters. The number of benzene rings is 1. The molecule has 0 saturated heterocycles. The van der Waals surface area contributed by atoms with Crippen LogP contribution in [-0.4, -0.2) is 13.7 Å². The molecule has 2 nitrogen and oxygen atoms in total. The smallest absolute Gasteiger partial charge is 0.181 e. The molecule has 0 amide bonds. The van der Waals surface area contributed by atoms with Gasteiger partial charge in [0.1, 0.15) is 5.82 Å². The third-order valence-electron chi connectivity index (χ3n) is 2.62. The van der Waals surface area contributed by atoms with E-state index < -0.39 is 15.7 Å². The maximum absolute atomic E-state index is 12.8. The van der Waals surface area contributed by atoms with Gasteiger partial charge in [-0.15, -0.1) is 0 Å². The minimum absolute atomic E-state index is 0.113. The first-order chi connectivity index (χ1) is 6.60. The van der Waals surface area contributed by atoms with Crippen molar-refractivity contribution in [1.29, 1.82) is 0 Å². The summed E-state index contributed by atoms with van der Waals surface area (Å²) in [6.07, 6.45) is 2.37. The van der Waals surface area contributed by atoms with Crippen molar-refractivity contribution in [1.82, 2.24) is 0 Å². The standard InChI is InChI=1S/C10H11FO2S/c11-8-3-1-6-10(7-8)14(12,13)9-4-2-5-9/h1,3,6-7,9H,2,4-5H2. The molecular formula is C10H11FO2S. The van der Waals surface area contributed by atoms with Crippen molar-refractivity contribution < 1.29 is 12.8 Å². The van der Waals surface area contributed by atoms with Crippen LogP contribution in [-0.2, 0) is 9.84 Å². The number of halogens is 1. The van der Waals surface area contributed by atoms with Gasteiger partial charge in [-0.1, -0.05) is 12.5 Å². The summed E-state index contributed by atoms with van der Waals surface area (Å²) in [5, 5.41) is -0.288. The molecule has 1 aromatic carbocycles. The van der Waals surface area contributed by atoms with Crippen LogP contribution >= 0.6 is 0 Å². The summed E-state index contributed by atoms with van der Waals surface area (Å²) in [7, 11) is -3.26. The predicted octanol–water partition coefficient (Wildman–Crippen LogP) is 2.15. The normalized spacial score (nSPS) is 17.8. The van der Waals surface area contributed by atoms with E-state index in [4.69, 9.17) is 0 Å². The van der Waals surface area contributed by atoms with Gasteiger partial charge in [0.2, 0.25) is 0 Å². The topological polar surface area (TPSA) is 34.1 Å². The zero-order chi connectivity index (χ0) is 10.2. The van der Waals surface area contributed by atoms with Crippen molar-refractivity contribution in [2.75, 3.05) is 0 Å². The molecule has 0 unspecified atom stereocenters. The van der Waals surface area contributed by atoms with Gasteiger partial charge in [0.05, 0.1) is 10.1 Å². The maximum Gasteiger partial charge on any atom is 0.181 e. The van der Waals surface area contributed by atoms with Gasteiger partial charge in [0.25, 0.3) is 0 Å². The van der Waals surface area contributed by atoms with E-state index in [2.05, 4.69) is 0 Å². The molecule has 4 heteroatoms. The first-order valence-electron chi connectivity index (χ1n) is 4.60. The minimum Gasteiger partial charge on any atom is -0.223 e. The number of rotatable bonds is 2. The van der Waals surface area contributed by atoms with Crippen molar-refractivity contribution in [3.8, 4) is 0 Å². The van der Waals surface area contributed by atoms with Gasteiger partial charge < -0.3 is 0 Å². The molecule has 0 bridgehead atoms. The molecular weight excluding hydrogens is 203 g/mol. The van der Waals surface area contributed by atoms with E-state index in [1.54, 1.807) is 0 Å². The Morgan fingerprint density at radius 1 is 1.29 bits per heavy atom. The molecule has 1 saturated carbocycles. The molecule has 76 valence electrons. The van der Waals surface area contributed by atoms with E-state index in [0.717, 1.165) is 12.5 Å². The molecule has 1 aliphatic carbocycles. The predicted molar refractivity (Wildman–Crippen MR) is 51.2 cm³/mol. The van der Waals surface area contributed by atoms with E-state index >= 15 is 0 Å². The van der Waals surface area contributed by atoms with Crippen molar-refractivity contribution in [2.45, 2.75) is 29.4 Å². The van der Waals surface area contributed by atoms with Crippen LogP contribution in [0, 0.1) is 5.82 Å². The average Bonchev–Trinajstić information content (AvgIpc) is 2.00. The van der Waals surface area contributed by atoms with Crippen LogP contribution in [0.2, 0.25) is 0 Å². The van der Waals surface area contributed by atoms with Gasteiger partial charge in [-0.05, 0) is 31.0 Å². The summed E-state index contributed by atoms with van der Waals surface area (Å²) in [4.78, 5) is 0.113. The fraction of sp³-hybridized carbons (Fsp3) is 0.400. The second-order valence-corrected chi connectivity index (χ2v) is 5.78. The van der Waals surface area contributed by atoms with E-state index in [1.807, 2.05) is 0 Å². The number of sulfone groups is 1. The average molecular weight is 214 g/mol. The van der Waals surface area contributed by atoms with Gasteiger partial charge >= 0.3 is 0 Å². The molecule has 0 radical (unpaired) electrons. The molecule has 0 N–H and O–H groups in total. The summed E-state index contributed by atoms with van der Waals surface area (Å²) in [5.41, 5.74) is 0. The quantitative estimate of drug-likeness (QED) is 0.756. The highest BCUT2D eigenvalue weighted by molar-refractivity contribution is 7.92. The summed E-state index contributed by atoms with van der Waals surface area (Å²) >= 11 is 0. The fourth-order valence-corrected chi connectivity index (χ4v) is 3.40. The summed E-state index contributed by atoms with van der Waals surface area (Å²) in [6, 6.07) is 5.23. The molecule has 1 aliphatic rings. The third kappa shape index (κ3) is 1.54. The maximum atomic E-state index is 12.8. The van der Waals surface area contributed by atoms with Crippen molar-refractivity contribution in [3.63, 3.8) is 0 Å². The van der Waals surface area contributed by atoms with Crippen LogP contribution in [0.25, 0.3) is 0 Å². The van der Waals surface area contributed by atoms with Gasteiger partial charge in [0, 0.05) is 0 Å². The Morgan fingerprint density at radius 3 is 2.50 bits per heavy atom. The lowest BCUT2D eigenvalue weighted by molar-refractivity contribution is 0.476. The van der Waals surface area contributed by atoms with Crippen LogP contribution in [0.5, 0.6) is 0 Å². The number of hydrogen-bond donors (Lipinski definition) is 0. The molecule has 1 fully saturated rings. The van der Waals surface area contributed by atoms with Crippen LogP contribution in [0.3, 0.4) is 0 Å². The highest BCUT2D eigenvalue weighted by atomic mass is 32.2. The van der Waals surface area contributed by atoms with Gasteiger partial charge in [0.15, 0.2) is 9.84 Å². The lowest BCUT2D eigenvalue weighted by Crippen LogP contribution is -2.28. The van der Waals surface area contributed by atoms with Crippen LogP contribution in [0.4, 0.5) is 4.39 Å². The minimum atomic E-state index is -3.26. The Kier molecular flexibility index (Phi) is 2.31. The zero-order valence-corrected chi connectivity index (χ0v) is 8.43. The lowest BCUT2D eigenvalue weighted by atomic mass is 10.00. The Bertz CT molecular complexity index is 435. The molecule has 0 spiro atoms. The second-order valence-electron chi connectivity index (χ2n) is 3.56. The summed E-state index contributed by atoms with van der Waals surface area (Å²) in [6.45, 7) is 0. The monoisotopic (exact) mass is 214 g/mol. The molecule has 1 aromatic rings. The highest BCUT2D eigenvalue weighted by Crippen LogP contribution is 2.31. The van der Waals surface area contributed by atoms with Crippen molar-refractivity contribution in [2.24, 2.45) is 0 Å². The van der Waals surface area contributed by atoms with E-state index in [1.165, 1.54) is 18.2 Å². The van der Waals surface area contributed by atoms with E-state index in [9.17, 15) is 12.8 Å². The summed E-state index contributed by atoms with van der Waals surface area (Å²) in [5.74, 6) is -0.495. The highest BCUT2D eigenvalue weighted by Gasteiger charge is 2.32. The summed E-state index contributed by atoms with van der Waals surface area (Å²) < 4.78 is 36.4. The van der Waals surface area contributed by atoms with E-state index in [-0.39, 0.29) is 10.1 Å². The second kappa shape index (κ2) is 3.35. The molecule has 0 heterocycles. The van der Waals surface area contributed by atoms with Crippen LogP contribution in [0.1, 0.15) is 19.3 Å². The third-order valence-corrected chi connectivity index (χ3v) is 4.88. The Balaban J connectivity index is 2.38. The Hall–Kier alpha value is -0.900. The molecule has 0 aromatic heterocycles. The van der Waals surface area contributed by atoms with Crippen molar-refractivity contribution in [3.05, 3.63) is 30.1 Å². The fourth-order valence-electron chi connectivity index (χ4n) is 1.52. The van der Waals surface area contributed by atoms with Crippen molar-refractivity contribution >= 4 is 9.84 Å². The first-order valence-corrected chi connectivity index (χ1v) is 6.15. The van der Waals surface area contributed by atoms with Gasteiger partial charge in [-0.3, -0.25) is 0 Å². The van der Waals surface area contributed by atoms with Crippen LogP contribution < -0.4 is 0 Å². The largest absolute Gasteiger partial charge is 0.223 e. The van der Waals surface area contributed by atoms with Crippen LogP contribution in [0.15, 0.2) is 29.2 Å². The molecule has 2 rings (SSSR count). The lowest BCUT2D eigenvalue weighted by Gasteiger charge is -2.25. The Labute approximate surface area is 82.7 Å². The molecule has 0 aliphatic heterocycles. The first kappa shape index (κ1) is 9.65. The van der Waals surface area contributed by atoms with Gasteiger partial charge in [-0.25, -0.2) is 12.8 Å². The van der Waals surface area contributed by atoms with Gasteiger partial charge in [-0.2, -0.15) is 0 Å². The number of hydrogen-bond acceptors (Lipinski definition) is 2. The Morgan fingerprint density at radius 2 is 2.00 bits per heavy atom. The molecule has 14 heavy (non-hydrogen) atoms.